The number of esters is 1. The highest BCUT2D eigenvalue weighted by Crippen LogP contribution is 2.19. The van der Waals surface area contributed by atoms with Crippen molar-refractivity contribution in [2.75, 3.05) is 40.3 Å². The largest absolute Gasteiger partial charge is 0.465 e. The maximum Gasteiger partial charge on any atom is 0.311 e. The number of likely N-dealkylation sites (tertiary alicyclic amines) is 1. The van der Waals surface area contributed by atoms with Crippen LogP contribution in [0.4, 0.5) is 0 Å². The summed E-state index contributed by atoms with van der Waals surface area (Å²) in [6.07, 6.45) is 2.20. The second kappa shape index (κ2) is 7.36. The van der Waals surface area contributed by atoms with Gasteiger partial charge in [0.25, 0.3) is 0 Å². The van der Waals surface area contributed by atoms with Crippen molar-refractivity contribution < 1.29 is 14.3 Å². The van der Waals surface area contributed by atoms with Crippen LogP contribution in [0, 0.1) is 5.92 Å². The van der Waals surface area contributed by atoms with Crippen LogP contribution in [0.5, 0.6) is 0 Å². The molecular formula is C13H24N2O3. The van der Waals surface area contributed by atoms with Gasteiger partial charge in [-0.1, -0.05) is 13.3 Å². The summed E-state index contributed by atoms with van der Waals surface area (Å²) < 4.78 is 5.16. The zero-order valence-corrected chi connectivity index (χ0v) is 11.6. The molecule has 104 valence electrons. The first-order chi connectivity index (χ1) is 8.54. The maximum atomic E-state index is 11.7. The monoisotopic (exact) mass is 256 g/mol. The number of ether oxygens (including phenoxy) is 1. The Balaban J connectivity index is 2.33. The molecule has 1 rings (SSSR count). The van der Waals surface area contributed by atoms with Gasteiger partial charge >= 0.3 is 5.97 Å². The van der Waals surface area contributed by atoms with Crippen molar-refractivity contribution in [2.24, 2.45) is 5.92 Å². The summed E-state index contributed by atoms with van der Waals surface area (Å²) in [6.45, 7) is 4.54. The van der Waals surface area contributed by atoms with E-state index in [4.69, 9.17) is 4.74 Å². The van der Waals surface area contributed by atoms with Crippen molar-refractivity contribution in [3.05, 3.63) is 0 Å². The van der Waals surface area contributed by atoms with Crippen LogP contribution < -0.4 is 0 Å². The molecule has 5 heteroatoms. The first-order valence-electron chi connectivity index (χ1n) is 6.63. The highest BCUT2D eigenvalue weighted by atomic mass is 16.5. The first-order valence-corrected chi connectivity index (χ1v) is 6.63. The zero-order chi connectivity index (χ0) is 13.5. The lowest BCUT2D eigenvalue weighted by molar-refractivity contribution is -0.148. The van der Waals surface area contributed by atoms with E-state index in [1.165, 1.54) is 0 Å². The minimum absolute atomic E-state index is 0.0642. The topological polar surface area (TPSA) is 49.9 Å². The van der Waals surface area contributed by atoms with Gasteiger partial charge in [-0.25, -0.2) is 0 Å². The third kappa shape index (κ3) is 4.64. The summed E-state index contributed by atoms with van der Waals surface area (Å²) in [5.41, 5.74) is 0. The van der Waals surface area contributed by atoms with Crippen LogP contribution in [-0.4, -0.2) is 62.0 Å². The van der Waals surface area contributed by atoms with Crippen LogP contribution in [0.25, 0.3) is 0 Å². The van der Waals surface area contributed by atoms with Gasteiger partial charge in [-0.2, -0.15) is 0 Å². The molecule has 0 spiro atoms. The van der Waals surface area contributed by atoms with Crippen LogP contribution in [0.3, 0.4) is 0 Å². The van der Waals surface area contributed by atoms with E-state index in [0.29, 0.717) is 26.1 Å². The molecule has 0 aliphatic carbocycles. The number of likely N-dealkylation sites (N-methyl/N-ethyl adjacent to an activating group) is 1. The second-order valence-electron chi connectivity index (χ2n) is 5.07. The number of amides is 1. The van der Waals surface area contributed by atoms with E-state index < -0.39 is 0 Å². The summed E-state index contributed by atoms with van der Waals surface area (Å²) in [4.78, 5) is 27.3. The van der Waals surface area contributed by atoms with Crippen LogP contribution in [-0.2, 0) is 14.3 Å². The van der Waals surface area contributed by atoms with Gasteiger partial charge < -0.3 is 14.5 Å². The van der Waals surface area contributed by atoms with E-state index in [9.17, 15) is 9.59 Å². The van der Waals surface area contributed by atoms with Gasteiger partial charge in [-0.05, 0) is 20.5 Å². The van der Waals surface area contributed by atoms with Crippen molar-refractivity contribution in [3.63, 3.8) is 0 Å². The molecule has 1 unspecified atom stereocenters. The highest BCUT2D eigenvalue weighted by molar-refractivity contribution is 5.86. The Bertz CT molecular complexity index is 292. The summed E-state index contributed by atoms with van der Waals surface area (Å²) in [6, 6.07) is 0. The number of carbonyl (C=O) groups excluding carboxylic acids is 2. The number of carbonyl (C=O) groups is 2. The standard InChI is InChI=1S/C13H24N2O3/c1-4-5-8-18-13(17)11-9-12(16)15(10-11)7-6-14(2)3/h11H,4-10H2,1-3H3. The third-order valence-electron chi connectivity index (χ3n) is 3.11. The molecule has 1 atom stereocenters. The minimum atomic E-state index is -0.267. The van der Waals surface area contributed by atoms with Crippen LogP contribution >= 0.6 is 0 Å². The molecule has 0 aromatic heterocycles. The van der Waals surface area contributed by atoms with Crippen molar-refractivity contribution in [2.45, 2.75) is 26.2 Å². The summed E-state index contributed by atoms with van der Waals surface area (Å²) >= 11 is 0. The molecule has 1 aliphatic rings. The Kier molecular flexibility index (Phi) is 6.12. The Labute approximate surface area is 109 Å². The van der Waals surface area contributed by atoms with Crippen LogP contribution in [0.15, 0.2) is 0 Å². The Morgan fingerprint density at radius 3 is 2.83 bits per heavy atom. The SMILES string of the molecule is CCCCOC(=O)C1CC(=O)N(CCN(C)C)C1. The molecule has 1 amide bonds. The molecule has 18 heavy (non-hydrogen) atoms. The van der Waals surface area contributed by atoms with Crippen molar-refractivity contribution in [1.29, 1.82) is 0 Å². The predicted octanol–water partition coefficient (Wildman–Crippen LogP) is 0.740. The smallest absolute Gasteiger partial charge is 0.311 e. The molecule has 0 bridgehead atoms. The molecule has 5 nitrogen and oxygen atoms in total. The Hall–Kier alpha value is -1.10. The quantitative estimate of drug-likeness (QED) is 0.498. The number of hydrogen-bond acceptors (Lipinski definition) is 4. The van der Waals surface area contributed by atoms with E-state index in [1.54, 1.807) is 4.90 Å². The lowest BCUT2D eigenvalue weighted by atomic mass is 10.1. The molecule has 1 fully saturated rings. The van der Waals surface area contributed by atoms with E-state index >= 15 is 0 Å². The lowest BCUT2D eigenvalue weighted by Crippen LogP contribution is -2.33. The predicted molar refractivity (Wildman–Crippen MR) is 69.1 cm³/mol. The first kappa shape index (κ1) is 15.0. The molecule has 1 saturated heterocycles. The Morgan fingerprint density at radius 2 is 2.22 bits per heavy atom. The molecular weight excluding hydrogens is 232 g/mol. The van der Waals surface area contributed by atoms with E-state index in [0.717, 1.165) is 19.4 Å². The van der Waals surface area contributed by atoms with Crippen molar-refractivity contribution in [1.82, 2.24) is 9.80 Å². The highest BCUT2D eigenvalue weighted by Gasteiger charge is 2.34. The summed E-state index contributed by atoms with van der Waals surface area (Å²) in [5, 5.41) is 0. The van der Waals surface area contributed by atoms with E-state index in [2.05, 4.69) is 6.92 Å². The molecule has 0 saturated carbocycles. The van der Waals surface area contributed by atoms with Gasteiger partial charge in [0.1, 0.15) is 0 Å². The molecule has 1 heterocycles. The van der Waals surface area contributed by atoms with Gasteiger partial charge in [0, 0.05) is 26.1 Å². The minimum Gasteiger partial charge on any atom is -0.465 e. The molecule has 0 aromatic rings. The number of rotatable bonds is 7. The molecule has 0 aromatic carbocycles. The summed E-state index contributed by atoms with van der Waals surface area (Å²) in [7, 11) is 3.94. The fraction of sp³-hybridized carbons (Fsp3) is 0.846. The zero-order valence-electron chi connectivity index (χ0n) is 11.6. The van der Waals surface area contributed by atoms with E-state index in [-0.39, 0.29) is 17.8 Å². The van der Waals surface area contributed by atoms with E-state index in [1.807, 2.05) is 19.0 Å². The second-order valence-corrected chi connectivity index (χ2v) is 5.07. The average Bonchev–Trinajstić information content (AvgIpc) is 2.68. The molecule has 0 N–H and O–H groups in total. The number of unbranched alkanes of at least 4 members (excludes halogenated alkanes) is 1. The lowest BCUT2D eigenvalue weighted by Gasteiger charge is -2.18. The Morgan fingerprint density at radius 1 is 1.50 bits per heavy atom. The third-order valence-corrected chi connectivity index (χ3v) is 3.11. The summed E-state index contributed by atoms with van der Waals surface area (Å²) in [5.74, 6) is -0.421. The van der Waals surface area contributed by atoms with Gasteiger partial charge in [-0.3, -0.25) is 9.59 Å². The van der Waals surface area contributed by atoms with Gasteiger partial charge in [-0.15, -0.1) is 0 Å². The van der Waals surface area contributed by atoms with Gasteiger partial charge in [0.15, 0.2) is 0 Å². The fourth-order valence-corrected chi connectivity index (χ4v) is 1.90. The van der Waals surface area contributed by atoms with Crippen LogP contribution in [0.2, 0.25) is 0 Å². The maximum absolute atomic E-state index is 11.7. The van der Waals surface area contributed by atoms with Crippen LogP contribution in [0.1, 0.15) is 26.2 Å². The van der Waals surface area contributed by atoms with Crippen molar-refractivity contribution in [3.8, 4) is 0 Å². The fourth-order valence-electron chi connectivity index (χ4n) is 1.90. The van der Waals surface area contributed by atoms with Gasteiger partial charge in [0.2, 0.25) is 5.91 Å². The van der Waals surface area contributed by atoms with Crippen molar-refractivity contribution >= 4 is 11.9 Å². The number of hydrogen-bond donors (Lipinski definition) is 0. The average molecular weight is 256 g/mol. The molecule has 0 radical (unpaired) electrons. The molecule has 1 aliphatic heterocycles. The van der Waals surface area contributed by atoms with Gasteiger partial charge in [0.05, 0.1) is 12.5 Å². The normalized spacial score (nSPS) is 19.7. The number of nitrogens with zero attached hydrogens (tertiary/aromatic N) is 2.